The summed E-state index contributed by atoms with van der Waals surface area (Å²) in [6.45, 7) is 7.01. The molecule has 0 heterocycles. The quantitative estimate of drug-likeness (QED) is 0.241. The molecule has 0 bridgehead atoms. The lowest BCUT2D eigenvalue weighted by atomic mass is 10.0. The molecule has 3 aromatic carbocycles. The number of nitrogens with one attached hydrogen (secondary N) is 1. The Hall–Kier alpha value is -3.12. The van der Waals surface area contributed by atoms with Crippen LogP contribution >= 0.6 is 15.9 Å². The molecule has 0 aliphatic carbocycles. The summed E-state index contributed by atoms with van der Waals surface area (Å²) in [5.74, 6) is 0.577. The van der Waals surface area contributed by atoms with Crippen LogP contribution in [0.2, 0.25) is 0 Å². The number of nitrogens with zero attached hydrogens (tertiary/aromatic N) is 1. The van der Waals surface area contributed by atoms with Crippen molar-refractivity contribution in [3.05, 3.63) is 100 Å². The Morgan fingerprint density at radius 3 is 2.35 bits per heavy atom. The van der Waals surface area contributed by atoms with Crippen molar-refractivity contribution in [1.82, 2.24) is 10.2 Å². The monoisotopic (exact) mass is 564 g/mol. The van der Waals surface area contributed by atoms with Crippen LogP contribution in [0.25, 0.3) is 0 Å². The lowest BCUT2D eigenvalue weighted by molar-refractivity contribution is -0.142. The zero-order valence-corrected chi connectivity index (χ0v) is 23.5. The number of carbonyl (C=O) groups excluding carboxylic acids is 2. The molecule has 6 heteroatoms. The van der Waals surface area contributed by atoms with E-state index in [0.717, 1.165) is 34.0 Å². The molecular weight excluding hydrogens is 528 g/mol. The van der Waals surface area contributed by atoms with Gasteiger partial charge in [0, 0.05) is 24.0 Å². The first kappa shape index (κ1) is 28.5. The molecule has 37 heavy (non-hydrogen) atoms. The van der Waals surface area contributed by atoms with Crippen LogP contribution in [0.1, 0.15) is 56.2 Å². The maximum atomic E-state index is 13.8. The molecule has 0 aliphatic heterocycles. The van der Waals surface area contributed by atoms with Crippen LogP contribution in [-0.2, 0) is 22.6 Å². The number of ether oxygens (including phenoxy) is 1. The van der Waals surface area contributed by atoms with Gasteiger partial charge in [0.2, 0.25) is 5.91 Å². The minimum Gasteiger partial charge on any atom is -0.483 e. The van der Waals surface area contributed by atoms with E-state index in [2.05, 4.69) is 42.0 Å². The topological polar surface area (TPSA) is 58.6 Å². The molecule has 0 saturated carbocycles. The maximum Gasteiger partial charge on any atom is 0.261 e. The molecule has 0 aromatic heterocycles. The van der Waals surface area contributed by atoms with Gasteiger partial charge in [-0.15, -0.1) is 0 Å². The Labute approximate surface area is 229 Å². The number of amides is 2. The zero-order chi connectivity index (χ0) is 26.6. The van der Waals surface area contributed by atoms with Crippen LogP contribution in [0.3, 0.4) is 0 Å². The molecule has 0 unspecified atom stereocenters. The lowest BCUT2D eigenvalue weighted by Gasteiger charge is -2.31. The van der Waals surface area contributed by atoms with E-state index in [1.165, 1.54) is 0 Å². The van der Waals surface area contributed by atoms with Crippen molar-refractivity contribution in [3.8, 4) is 5.75 Å². The predicted octanol–water partition coefficient (Wildman–Crippen LogP) is 6.51. The first-order valence-corrected chi connectivity index (χ1v) is 13.8. The fraction of sp³-hybridized carbons (Fsp3) is 0.355. The summed E-state index contributed by atoms with van der Waals surface area (Å²) < 4.78 is 6.97. The Kier molecular flexibility index (Phi) is 11.2. The van der Waals surface area contributed by atoms with E-state index >= 15 is 0 Å². The van der Waals surface area contributed by atoms with Gasteiger partial charge in [0.25, 0.3) is 5.91 Å². The second kappa shape index (κ2) is 14.6. The van der Waals surface area contributed by atoms with Crippen LogP contribution in [0.4, 0.5) is 0 Å². The SMILES string of the molecule is CCCCNC(=O)[C@H](Cc1ccccc1)N(Cc1cccc(Br)c1)C(=O)COc1ccccc1C(C)C. The highest BCUT2D eigenvalue weighted by Crippen LogP contribution is 2.26. The van der Waals surface area contributed by atoms with E-state index in [0.29, 0.717) is 25.3 Å². The Morgan fingerprint density at radius 1 is 0.946 bits per heavy atom. The van der Waals surface area contributed by atoms with Gasteiger partial charge in [0.05, 0.1) is 0 Å². The average Bonchev–Trinajstić information content (AvgIpc) is 2.90. The third kappa shape index (κ3) is 8.74. The van der Waals surface area contributed by atoms with Crippen molar-refractivity contribution in [2.24, 2.45) is 0 Å². The zero-order valence-electron chi connectivity index (χ0n) is 22.0. The van der Waals surface area contributed by atoms with Crippen LogP contribution in [0.15, 0.2) is 83.3 Å². The third-order valence-corrected chi connectivity index (χ3v) is 6.73. The second-order valence-electron chi connectivity index (χ2n) is 9.48. The number of hydrogen-bond donors (Lipinski definition) is 1. The van der Waals surface area contributed by atoms with Crippen LogP contribution in [-0.4, -0.2) is 35.9 Å². The van der Waals surface area contributed by atoms with Gasteiger partial charge in [0.15, 0.2) is 6.61 Å². The summed E-state index contributed by atoms with van der Waals surface area (Å²) in [4.78, 5) is 28.9. The normalized spacial score (nSPS) is 11.7. The molecule has 0 aliphatic rings. The first-order chi connectivity index (χ1) is 17.9. The molecular formula is C31H37BrN2O3. The minimum absolute atomic E-state index is 0.148. The summed E-state index contributed by atoms with van der Waals surface area (Å²) in [5.41, 5.74) is 2.98. The molecule has 3 aromatic rings. The van der Waals surface area contributed by atoms with Gasteiger partial charge < -0.3 is 15.0 Å². The van der Waals surface area contributed by atoms with E-state index in [-0.39, 0.29) is 24.3 Å². The van der Waals surface area contributed by atoms with Crippen molar-refractivity contribution >= 4 is 27.7 Å². The van der Waals surface area contributed by atoms with Crippen LogP contribution in [0.5, 0.6) is 5.75 Å². The van der Waals surface area contributed by atoms with E-state index in [1.54, 1.807) is 4.90 Å². The largest absolute Gasteiger partial charge is 0.483 e. The Morgan fingerprint density at radius 2 is 1.65 bits per heavy atom. The highest BCUT2D eigenvalue weighted by Gasteiger charge is 2.30. The van der Waals surface area contributed by atoms with Gasteiger partial charge in [-0.3, -0.25) is 9.59 Å². The highest BCUT2D eigenvalue weighted by atomic mass is 79.9. The number of rotatable bonds is 13. The minimum atomic E-state index is -0.672. The molecule has 196 valence electrons. The van der Waals surface area contributed by atoms with E-state index in [4.69, 9.17) is 4.74 Å². The third-order valence-electron chi connectivity index (χ3n) is 6.23. The summed E-state index contributed by atoms with van der Waals surface area (Å²) in [6, 6.07) is 24.8. The molecule has 0 saturated heterocycles. The molecule has 0 spiro atoms. The van der Waals surface area contributed by atoms with E-state index in [1.807, 2.05) is 78.9 Å². The summed E-state index contributed by atoms with van der Waals surface area (Å²) >= 11 is 3.53. The molecule has 1 atom stereocenters. The lowest BCUT2D eigenvalue weighted by Crippen LogP contribution is -2.51. The van der Waals surface area contributed by atoms with E-state index < -0.39 is 6.04 Å². The average molecular weight is 566 g/mol. The van der Waals surface area contributed by atoms with Gasteiger partial charge in [-0.05, 0) is 47.2 Å². The predicted molar refractivity (Wildman–Crippen MR) is 153 cm³/mol. The van der Waals surface area contributed by atoms with Gasteiger partial charge in [0.1, 0.15) is 11.8 Å². The van der Waals surface area contributed by atoms with Crippen molar-refractivity contribution in [3.63, 3.8) is 0 Å². The summed E-state index contributed by atoms with van der Waals surface area (Å²) in [6.07, 6.45) is 2.28. The van der Waals surface area contributed by atoms with Gasteiger partial charge in [-0.2, -0.15) is 0 Å². The summed E-state index contributed by atoms with van der Waals surface area (Å²) in [7, 11) is 0. The first-order valence-electron chi connectivity index (χ1n) is 13.0. The van der Waals surface area contributed by atoms with Crippen molar-refractivity contribution in [2.45, 2.75) is 58.5 Å². The van der Waals surface area contributed by atoms with E-state index in [9.17, 15) is 9.59 Å². The standard InChI is InChI=1S/C31H37BrN2O3/c1-4-5-18-33-31(36)28(20-24-12-7-6-8-13-24)34(21-25-14-11-15-26(32)19-25)30(35)22-37-29-17-10-9-16-27(29)23(2)3/h6-17,19,23,28H,4-5,18,20-22H2,1-3H3,(H,33,36)/t28-/m0/s1. The molecule has 2 amide bonds. The summed E-state index contributed by atoms with van der Waals surface area (Å²) in [5, 5.41) is 3.05. The fourth-order valence-corrected chi connectivity index (χ4v) is 4.65. The Bertz CT molecular complexity index is 1150. The molecule has 3 rings (SSSR count). The maximum absolute atomic E-state index is 13.8. The fourth-order valence-electron chi connectivity index (χ4n) is 4.20. The van der Waals surface area contributed by atoms with Gasteiger partial charge in [-0.1, -0.05) is 104 Å². The smallest absolute Gasteiger partial charge is 0.261 e. The second-order valence-corrected chi connectivity index (χ2v) is 10.4. The van der Waals surface area contributed by atoms with Crippen molar-refractivity contribution in [2.75, 3.05) is 13.2 Å². The number of benzene rings is 3. The van der Waals surface area contributed by atoms with Crippen LogP contribution < -0.4 is 10.1 Å². The molecule has 5 nitrogen and oxygen atoms in total. The molecule has 0 radical (unpaired) electrons. The van der Waals surface area contributed by atoms with Crippen molar-refractivity contribution < 1.29 is 14.3 Å². The molecule has 0 fully saturated rings. The number of unbranched alkanes of at least 4 members (excludes halogenated alkanes) is 1. The number of halogens is 1. The highest BCUT2D eigenvalue weighted by molar-refractivity contribution is 9.10. The van der Waals surface area contributed by atoms with Crippen LogP contribution in [0, 0.1) is 0 Å². The number of carbonyl (C=O) groups is 2. The number of para-hydroxylation sites is 1. The Balaban J connectivity index is 1.91. The number of hydrogen-bond acceptors (Lipinski definition) is 3. The molecule has 1 N–H and O–H groups in total. The van der Waals surface area contributed by atoms with Gasteiger partial charge >= 0.3 is 0 Å². The van der Waals surface area contributed by atoms with Crippen molar-refractivity contribution in [1.29, 1.82) is 0 Å². The van der Waals surface area contributed by atoms with Gasteiger partial charge in [-0.25, -0.2) is 0 Å².